The first kappa shape index (κ1) is 21.2. The molecule has 1 aromatic heterocycles. The molecule has 3 aliphatic heterocycles. The molecule has 0 spiro atoms. The van der Waals surface area contributed by atoms with E-state index in [4.69, 9.17) is 0 Å². The SMILES string of the molecule is Cc1[nH]c(C=C2NC=CN=C2C2C=NNC2=O)c(C2CC2)c1CCCN1C(C)CCC1C. The minimum atomic E-state index is -0.456. The zero-order valence-corrected chi connectivity index (χ0v) is 19.3. The summed E-state index contributed by atoms with van der Waals surface area (Å²) in [4.78, 5) is 23.0. The third-order valence-electron chi connectivity index (χ3n) is 7.42. The molecule has 1 saturated carbocycles. The lowest BCUT2D eigenvalue weighted by atomic mass is 9.97. The number of carbonyl (C=O) groups is 1. The molecule has 7 nitrogen and oxygen atoms in total. The van der Waals surface area contributed by atoms with Gasteiger partial charge >= 0.3 is 0 Å². The predicted molar refractivity (Wildman–Crippen MR) is 129 cm³/mol. The van der Waals surface area contributed by atoms with Crippen molar-refractivity contribution in [2.45, 2.75) is 77.3 Å². The third kappa shape index (κ3) is 4.06. The van der Waals surface area contributed by atoms with Gasteiger partial charge in [-0.1, -0.05) is 0 Å². The number of amides is 1. The number of likely N-dealkylation sites (tertiary alicyclic amines) is 1. The van der Waals surface area contributed by atoms with Gasteiger partial charge in [0, 0.05) is 42.1 Å². The molecule has 7 heteroatoms. The highest BCUT2D eigenvalue weighted by molar-refractivity contribution is 6.24. The predicted octanol–water partition coefficient (Wildman–Crippen LogP) is 3.59. The van der Waals surface area contributed by atoms with Crippen molar-refractivity contribution in [3.05, 3.63) is 40.6 Å². The maximum absolute atomic E-state index is 12.2. The van der Waals surface area contributed by atoms with Gasteiger partial charge in [-0.2, -0.15) is 5.10 Å². The van der Waals surface area contributed by atoms with Crippen LogP contribution in [0.3, 0.4) is 0 Å². The first-order chi connectivity index (χ1) is 15.5. The van der Waals surface area contributed by atoms with Gasteiger partial charge in [-0.15, -0.1) is 0 Å². The fourth-order valence-corrected chi connectivity index (χ4v) is 5.51. The largest absolute Gasteiger partial charge is 0.359 e. The average Bonchev–Trinajstić information content (AvgIpc) is 3.34. The number of H-pyrrole nitrogens is 1. The summed E-state index contributed by atoms with van der Waals surface area (Å²) >= 11 is 0. The third-order valence-corrected chi connectivity index (χ3v) is 7.42. The lowest BCUT2D eigenvalue weighted by Gasteiger charge is -2.25. The highest BCUT2D eigenvalue weighted by atomic mass is 16.2. The number of hydrogen-bond acceptors (Lipinski definition) is 5. The number of aryl methyl sites for hydroxylation is 1. The van der Waals surface area contributed by atoms with Crippen molar-refractivity contribution in [2.75, 3.05) is 6.54 Å². The molecule has 3 unspecified atom stereocenters. The lowest BCUT2D eigenvalue weighted by Crippen LogP contribution is -2.33. The van der Waals surface area contributed by atoms with Crippen LogP contribution >= 0.6 is 0 Å². The molecule has 5 rings (SSSR count). The Morgan fingerprint density at radius 3 is 2.66 bits per heavy atom. The van der Waals surface area contributed by atoms with Crippen molar-refractivity contribution in [1.29, 1.82) is 0 Å². The van der Waals surface area contributed by atoms with Gasteiger partial charge in [0.1, 0.15) is 5.92 Å². The van der Waals surface area contributed by atoms with E-state index in [-0.39, 0.29) is 5.91 Å². The molecule has 0 bridgehead atoms. The summed E-state index contributed by atoms with van der Waals surface area (Å²) in [6.45, 7) is 8.10. The minimum Gasteiger partial charge on any atom is -0.359 e. The van der Waals surface area contributed by atoms with Crippen molar-refractivity contribution < 1.29 is 4.79 Å². The smallest absolute Gasteiger partial charge is 0.254 e. The Hall–Kier alpha value is -2.67. The Kier molecular flexibility index (Phi) is 5.76. The van der Waals surface area contributed by atoms with Crippen LogP contribution in [0.25, 0.3) is 6.08 Å². The van der Waals surface area contributed by atoms with Crippen LogP contribution in [0.5, 0.6) is 0 Å². The van der Waals surface area contributed by atoms with E-state index in [0.29, 0.717) is 23.7 Å². The van der Waals surface area contributed by atoms with Crippen LogP contribution in [0.15, 0.2) is 28.2 Å². The van der Waals surface area contributed by atoms with Crippen LogP contribution in [0.2, 0.25) is 0 Å². The molecule has 1 amide bonds. The maximum atomic E-state index is 12.2. The van der Waals surface area contributed by atoms with Crippen LogP contribution < -0.4 is 10.7 Å². The minimum absolute atomic E-state index is 0.136. The highest BCUT2D eigenvalue weighted by Crippen LogP contribution is 2.45. The normalized spacial score (nSPS) is 29.0. The van der Waals surface area contributed by atoms with E-state index >= 15 is 0 Å². The standard InChI is InChI=1S/C25H34N6O/c1-15-6-7-16(2)31(15)12-4-5-19-17(3)29-21(23(19)18-8-9-18)13-22-24(27-11-10-26-22)20-14-28-30-25(20)32/h10-11,13-16,18,20,26,29H,4-9,12H2,1-3H3,(H,30,32). The Labute approximate surface area is 190 Å². The van der Waals surface area contributed by atoms with Crippen molar-refractivity contribution >= 4 is 23.9 Å². The Bertz CT molecular complexity index is 1000. The van der Waals surface area contributed by atoms with Gasteiger partial charge in [0.05, 0.1) is 11.4 Å². The topological polar surface area (TPSA) is 84.9 Å². The van der Waals surface area contributed by atoms with E-state index in [1.807, 2.05) is 6.20 Å². The number of rotatable bonds is 7. The number of nitrogens with zero attached hydrogens (tertiary/aromatic N) is 3. The molecule has 1 aliphatic carbocycles. The summed E-state index contributed by atoms with van der Waals surface area (Å²) < 4.78 is 0. The van der Waals surface area contributed by atoms with Gasteiger partial charge < -0.3 is 10.3 Å². The van der Waals surface area contributed by atoms with Crippen LogP contribution in [-0.2, 0) is 11.2 Å². The number of hydrazone groups is 1. The number of nitrogens with one attached hydrogen (secondary N) is 3. The molecule has 3 atom stereocenters. The molecule has 1 saturated heterocycles. The number of aromatic amines is 1. The monoisotopic (exact) mass is 434 g/mol. The Morgan fingerprint density at radius 1 is 1.19 bits per heavy atom. The molecule has 32 heavy (non-hydrogen) atoms. The summed E-state index contributed by atoms with van der Waals surface area (Å²) in [7, 11) is 0. The molecule has 1 aromatic rings. The summed E-state index contributed by atoms with van der Waals surface area (Å²) in [6, 6.07) is 1.42. The van der Waals surface area contributed by atoms with E-state index < -0.39 is 5.92 Å². The number of carbonyl (C=O) groups excluding carboxylic acids is 1. The van der Waals surface area contributed by atoms with Crippen LogP contribution in [0.1, 0.15) is 74.4 Å². The quantitative estimate of drug-likeness (QED) is 0.613. The van der Waals surface area contributed by atoms with Crippen LogP contribution in [-0.4, -0.2) is 46.3 Å². The first-order valence-electron chi connectivity index (χ1n) is 12.0. The second-order valence-corrected chi connectivity index (χ2v) is 9.71. The van der Waals surface area contributed by atoms with Gasteiger partial charge in [0.25, 0.3) is 5.91 Å². The summed E-state index contributed by atoms with van der Waals surface area (Å²) in [6.07, 6.45) is 14.7. The Morgan fingerprint density at radius 2 is 1.97 bits per heavy atom. The summed E-state index contributed by atoms with van der Waals surface area (Å²) in [5, 5.41) is 7.22. The molecule has 4 heterocycles. The van der Waals surface area contributed by atoms with Gasteiger partial charge in [-0.05, 0) is 89.0 Å². The van der Waals surface area contributed by atoms with Crippen molar-refractivity contribution in [2.24, 2.45) is 16.0 Å². The van der Waals surface area contributed by atoms with Crippen LogP contribution in [0, 0.1) is 12.8 Å². The molecule has 4 aliphatic rings. The van der Waals surface area contributed by atoms with E-state index in [0.717, 1.165) is 17.8 Å². The summed E-state index contributed by atoms with van der Waals surface area (Å²) in [5.74, 6) is 0.0493. The molecule has 3 N–H and O–H groups in total. The molecular formula is C25H34N6O. The van der Waals surface area contributed by atoms with Crippen molar-refractivity contribution in [1.82, 2.24) is 20.6 Å². The van der Waals surface area contributed by atoms with E-state index in [1.165, 1.54) is 55.5 Å². The number of aromatic nitrogens is 1. The summed E-state index contributed by atoms with van der Waals surface area (Å²) in [5.41, 5.74) is 9.47. The van der Waals surface area contributed by atoms with E-state index in [1.54, 1.807) is 12.4 Å². The number of hydrogen-bond donors (Lipinski definition) is 3. The molecule has 170 valence electrons. The lowest BCUT2D eigenvalue weighted by molar-refractivity contribution is -0.120. The second-order valence-electron chi connectivity index (χ2n) is 9.71. The first-order valence-corrected chi connectivity index (χ1v) is 12.0. The van der Waals surface area contributed by atoms with E-state index in [2.05, 4.69) is 57.6 Å². The van der Waals surface area contributed by atoms with Gasteiger partial charge in [0.2, 0.25) is 0 Å². The highest BCUT2D eigenvalue weighted by Gasteiger charge is 2.33. The second kappa shape index (κ2) is 8.70. The molecule has 2 fully saturated rings. The molecule has 0 radical (unpaired) electrons. The Balaban J connectivity index is 1.38. The van der Waals surface area contributed by atoms with Gasteiger partial charge in [-0.3, -0.25) is 14.7 Å². The maximum Gasteiger partial charge on any atom is 0.254 e. The average molecular weight is 435 g/mol. The van der Waals surface area contributed by atoms with Gasteiger partial charge in [0.15, 0.2) is 0 Å². The van der Waals surface area contributed by atoms with Gasteiger partial charge in [-0.25, -0.2) is 5.43 Å². The fraction of sp³-hybridized carbons (Fsp3) is 0.560. The van der Waals surface area contributed by atoms with Crippen LogP contribution in [0.4, 0.5) is 0 Å². The van der Waals surface area contributed by atoms with Crippen molar-refractivity contribution in [3.63, 3.8) is 0 Å². The zero-order valence-electron chi connectivity index (χ0n) is 19.3. The number of aliphatic imine (C=N–C) groups is 1. The molecular weight excluding hydrogens is 400 g/mol. The van der Waals surface area contributed by atoms with Crippen molar-refractivity contribution in [3.8, 4) is 0 Å². The van der Waals surface area contributed by atoms with E-state index in [9.17, 15) is 4.79 Å². The molecule has 0 aromatic carbocycles. The fourth-order valence-electron chi connectivity index (χ4n) is 5.51. The number of allylic oxidation sites excluding steroid dienone is 1. The zero-order chi connectivity index (χ0) is 22.2.